The van der Waals surface area contributed by atoms with E-state index in [1.54, 1.807) is 43.3 Å². The molecule has 0 saturated carbocycles. The summed E-state index contributed by atoms with van der Waals surface area (Å²) in [6, 6.07) is 18.8. The van der Waals surface area contributed by atoms with Crippen LogP contribution in [0.5, 0.6) is 0 Å². The Morgan fingerprint density at radius 1 is 1.03 bits per heavy atom. The predicted octanol–water partition coefficient (Wildman–Crippen LogP) is 3.42. The summed E-state index contributed by atoms with van der Waals surface area (Å²) in [4.78, 5) is 27.2. The highest BCUT2D eigenvalue weighted by molar-refractivity contribution is 7.92. The molecule has 0 aliphatic heterocycles. The molecule has 1 unspecified atom stereocenters. The molecule has 0 saturated heterocycles. The second-order valence-corrected chi connectivity index (χ2v) is 10.1. The van der Waals surface area contributed by atoms with Crippen LogP contribution in [0.1, 0.15) is 12.5 Å². The molecule has 0 aliphatic rings. The summed E-state index contributed by atoms with van der Waals surface area (Å²) in [5.41, 5.74) is 1.13. The fourth-order valence-electron chi connectivity index (χ4n) is 3.64. The Balaban J connectivity index is 2.00. The van der Waals surface area contributed by atoms with Gasteiger partial charge < -0.3 is 10.2 Å². The number of hydrogen-bond donors (Lipinski definition) is 1. The molecule has 3 rings (SSSR count). The van der Waals surface area contributed by atoms with Crippen LogP contribution in [-0.4, -0.2) is 51.0 Å². The smallest absolute Gasteiger partial charge is 0.244 e. The summed E-state index contributed by atoms with van der Waals surface area (Å²) < 4.78 is 26.6. The first-order valence-electron chi connectivity index (χ1n) is 10.3. The highest BCUT2D eigenvalue weighted by Crippen LogP contribution is 2.28. The van der Waals surface area contributed by atoms with Crippen molar-refractivity contribution in [2.45, 2.75) is 19.5 Å². The van der Waals surface area contributed by atoms with Crippen LogP contribution in [0.3, 0.4) is 0 Å². The van der Waals surface area contributed by atoms with Crippen LogP contribution in [0.15, 0.2) is 66.7 Å². The first-order chi connectivity index (χ1) is 15.6. The van der Waals surface area contributed by atoms with Crippen LogP contribution < -0.4 is 9.62 Å². The van der Waals surface area contributed by atoms with E-state index < -0.39 is 28.5 Å². The molecule has 3 aromatic rings. The first kappa shape index (κ1) is 24.5. The monoisotopic (exact) mass is 487 g/mol. The van der Waals surface area contributed by atoms with E-state index >= 15 is 0 Å². The summed E-state index contributed by atoms with van der Waals surface area (Å²) in [6.45, 7) is 1.25. The molecule has 0 radical (unpaired) electrons. The summed E-state index contributed by atoms with van der Waals surface area (Å²) in [6.07, 6.45) is 1.06. The van der Waals surface area contributed by atoms with E-state index in [9.17, 15) is 18.0 Å². The van der Waals surface area contributed by atoms with E-state index in [4.69, 9.17) is 11.6 Å². The Labute approximate surface area is 199 Å². The van der Waals surface area contributed by atoms with Gasteiger partial charge in [0.25, 0.3) is 0 Å². The molecule has 7 nitrogen and oxygen atoms in total. The van der Waals surface area contributed by atoms with Crippen LogP contribution in [0.25, 0.3) is 10.8 Å². The van der Waals surface area contributed by atoms with Crippen molar-refractivity contribution in [3.8, 4) is 0 Å². The van der Waals surface area contributed by atoms with Gasteiger partial charge in [0.05, 0.1) is 11.9 Å². The molecule has 0 aliphatic carbocycles. The lowest BCUT2D eigenvalue weighted by atomic mass is 10.1. The average Bonchev–Trinajstić information content (AvgIpc) is 2.79. The molecule has 0 spiro atoms. The van der Waals surface area contributed by atoms with Gasteiger partial charge in [-0.2, -0.15) is 0 Å². The van der Waals surface area contributed by atoms with Crippen LogP contribution in [0, 0.1) is 0 Å². The predicted molar refractivity (Wildman–Crippen MR) is 132 cm³/mol. The molecule has 0 fully saturated rings. The van der Waals surface area contributed by atoms with Gasteiger partial charge in [-0.1, -0.05) is 60.1 Å². The molecule has 9 heteroatoms. The molecule has 0 heterocycles. The number of benzene rings is 3. The molecule has 174 valence electrons. The van der Waals surface area contributed by atoms with Gasteiger partial charge in [0, 0.05) is 24.0 Å². The lowest BCUT2D eigenvalue weighted by molar-refractivity contribution is -0.139. The van der Waals surface area contributed by atoms with Crippen LogP contribution in [0.4, 0.5) is 5.69 Å². The van der Waals surface area contributed by atoms with Crippen LogP contribution >= 0.6 is 11.6 Å². The summed E-state index contributed by atoms with van der Waals surface area (Å²) >= 11 is 6.09. The summed E-state index contributed by atoms with van der Waals surface area (Å²) in [7, 11) is -2.32. The molecule has 0 aromatic heterocycles. The largest absolute Gasteiger partial charge is 0.357 e. The number of hydrogen-bond acceptors (Lipinski definition) is 4. The third-order valence-electron chi connectivity index (χ3n) is 5.37. The number of carbonyl (C=O) groups excluding carboxylic acids is 2. The van der Waals surface area contributed by atoms with Crippen molar-refractivity contribution < 1.29 is 18.0 Å². The Kier molecular flexibility index (Phi) is 7.61. The van der Waals surface area contributed by atoms with Crippen LogP contribution in [-0.2, 0) is 26.2 Å². The average molecular weight is 488 g/mol. The van der Waals surface area contributed by atoms with Gasteiger partial charge in [-0.15, -0.1) is 0 Å². The van der Waals surface area contributed by atoms with E-state index in [0.29, 0.717) is 16.1 Å². The lowest BCUT2D eigenvalue weighted by Gasteiger charge is -2.31. The maximum Gasteiger partial charge on any atom is 0.244 e. The van der Waals surface area contributed by atoms with Gasteiger partial charge in [-0.25, -0.2) is 8.42 Å². The Morgan fingerprint density at radius 2 is 1.70 bits per heavy atom. The maximum atomic E-state index is 13.5. The normalized spacial score (nSPS) is 12.2. The highest BCUT2D eigenvalue weighted by Gasteiger charge is 2.30. The molecule has 0 bridgehead atoms. The minimum absolute atomic E-state index is 0.0983. The van der Waals surface area contributed by atoms with Gasteiger partial charge in [-0.05, 0) is 36.1 Å². The minimum atomic E-state index is -3.80. The number of carbonyl (C=O) groups is 2. The summed E-state index contributed by atoms with van der Waals surface area (Å²) in [5.74, 6) is -0.870. The van der Waals surface area contributed by atoms with E-state index in [0.717, 1.165) is 21.5 Å². The fourth-order valence-corrected chi connectivity index (χ4v) is 4.72. The molecular weight excluding hydrogens is 462 g/mol. The molecule has 2 amide bonds. The Hall–Kier alpha value is -3.10. The number of anilines is 1. The second-order valence-electron chi connectivity index (χ2n) is 7.71. The second kappa shape index (κ2) is 10.2. The maximum absolute atomic E-state index is 13.5. The van der Waals surface area contributed by atoms with Crippen LogP contribution in [0.2, 0.25) is 5.02 Å². The van der Waals surface area contributed by atoms with Gasteiger partial charge in [0.15, 0.2) is 0 Å². The van der Waals surface area contributed by atoms with Crippen molar-refractivity contribution in [3.63, 3.8) is 0 Å². The minimum Gasteiger partial charge on any atom is -0.357 e. The van der Waals surface area contributed by atoms with Gasteiger partial charge in [-0.3, -0.25) is 13.9 Å². The lowest BCUT2D eigenvalue weighted by Crippen LogP contribution is -2.50. The molecule has 1 atom stereocenters. The fraction of sp³-hybridized carbons (Fsp3) is 0.250. The quantitative estimate of drug-likeness (QED) is 0.527. The number of amides is 2. The van der Waals surface area contributed by atoms with Crippen molar-refractivity contribution >= 4 is 49.9 Å². The number of halogens is 1. The molecule has 1 N–H and O–H groups in total. The van der Waals surface area contributed by atoms with Gasteiger partial charge in [0.1, 0.15) is 12.6 Å². The van der Waals surface area contributed by atoms with Crippen molar-refractivity contribution in [1.29, 1.82) is 0 Å². The van der Waals surface area contributed by atoms with Crippen molar-refractivity contribution in [3.05, 3.63) is 77.3 Å². The van der Waals surface area contributed by atoms with E-state index in [2.05, 4.69) is 5.32 Å². The Bertz CT molecular complexity index is 1270. The third kappa shape index (κ3) is 5.83. The van der Waals surface area contributed by atoms with E-state index in [1.165, 1.54) is 11.9 Å². The number of likely N-dealkylation sites (N-methyl/N-ethyl adjacent to an activating group) is 1. The van der Waals surface area contributed by atoms with Crippen molar-refractivity contribution in [2.75, 3.05) is 24.2 Å². The van der Waals surface area contributed by atoms with Crippen molar-refractivity contribution in [1.82, 2.24) is 10.2 Å². The Morgan fingerprint density at radius 3 is 2.36 bits per heavy atom. The highest BCUT2D eigenvalue weighted by atomic mass is 35.5. The SMILES string of the molecule is CNC(=O)C(C)N(Cc1cccc(Cl)c1)C(=O)CN(c1cccc2ccccc12)S(C)(=O)=O. The molecular formula is C24H26ClN3O4S. The van der Waals surface area contributed by atoms with Gasteiger partial charge >= 0.3 is 0 Å². The zero-order chi connectivity index (χ0) is 24.2. The first-order valence-corrected chi connectivity index (χ1v) is 12.6. The number of nitrogens with zero attached hydrogens (tertiary/aromatic N) is 2. The standard InChI is InChI=1S/C24H26ClN3O4S/c1-17(24(30)26-2)27(15-18-8-6-11-20(25)14-18)23(29)16-28(33(3,31)32)22-13-7-10-19-9-4-5-12-21(19)22/h4-14,17H,15-16H2,1-3H3,(H,26,30). The topological polar surface area (TPSA) is 86.8 Å². The van der Waals surface area contributed by atoms with Crippen molar-refractivity contribution in [2.24, 2.45) is 0 Å². The number of fused-ring (bicyclic) bond motifs is 1. The van der Waals surface area contributed by atoms with E-state index in [-0.39, 0.29) is 12.5 Å². The molecule has 3 aromatic carbocycles. The van der Waals surface area contributed by atoms with E-state index in [1.807, 2.05) is 30.3 Å². The summed E-state index contributed by atoms with van der Waals surface area (Å²) in [5, 5.41) is 4.61. The zero-order valence-corrected chi connectivity index (χ0v) is 20.2. The number of nitrogens with one attached hydrogen (secondary N) is 1. The number of rotatable bonds is 8. The van der Waals surface area contributed by atoms with Gasteiger partial charge in [0.2, 0.25) is 21.8 Å². The zero-order valence-electron chi connectivity index (χ0n) is 18.7. The third-order valence-corrected chi connectivity index (χ3v) is 6.73. The number of sulfonamides is 1. The molecule has 33 heavy (non-hydrogen) atoms.